The summed E-state index contributed by atoms with van der Waals surface area (Å²) in [6.07, 6.45) is 3.52. The predicted molar refractivity (Wildman–Crippen MR) is 132 cm³/mol. The van der Waals surface area contributed by atoms with Gasteiger partial charge in [0.05, 0.1) is 18.2 Å². The van der Waals surface area contributed by atoms with Crippen LogP contribution in [0.5, 0.6) is 0 Å². The lowest BCUT2D eigenvalue weighted by molar-refractivity contribution is -0.148. The number of thiophene rings is 1. The Morgan fingerprint density at radius 1 is 1.14 bits per heavy atom. The van der Waals surface area contributed by atoms with Gasteiger partial charge < -0.3 is 9.64 Å². The number of anilines is 1. The lowest BCUT2D eigenvalue weighted by Gasteiger charge is -2.35. The van der Waals surface area contributed by atoms with Crippen LogP contribution in [0.1, 0.15) is 31.0 Å². The van der Waals surface area contributed by atoms with Crippen LogP contribution in [-0.2, 0) is 32.5 Å². The SMILES string of the molecule is CCOC(=O)C1CCN(c2nc(-c3ccccn3)nc3c2CN(S(=O)(=O)c2cccs2)CC3)CC1. The van der Waals surface area contributed by atoms with Gasteiger partial charge in [-0.15, -0.1) is 11.3 Å². The van der Waals surface area contributed by atoms with E-state index in [2.05, 4.69) is 9.88 Å². The summed E-state index contributed by atoms with van der Waals surface area (Å²) in [6.45, 7) is 4.02. The van der Waals surface area contributed by atoms with Crippen LogP contribution in [0.2, 0.25) is 0 Å². The first-order valence-electron chi connectivity index (χ1n) is 11.7. The molecule has 3 aromatic rings. The van der Waals surface area contributed by atoms with Crippen LogP contribution in [-0.4, -0.2) is 59.9 Å². The quantitative estimate of drug-likeness (QED) is 0.463. The van der Waals surface area contributed by atoms with Crippen molar-refractivity contribution in [1.82, 2.24) is 19.3 Å². The molecule has 0 aromatic carbocycles. The number of aromatic nitrogens is 3. The Morgan fingerprint density at radius 3 is 2.66 bits per heavy atom. The lowest BCUT2D eigenvalue weighted by Crippen LogP contribution is -2.41. The van der Waals surface area contributed by atoms with Crippen molar-refractivity contribution in [2.24, 2.45) is 5.92 Å². The van der Waals surface area contributed by atoms with Crippen LogP contribution in [0.3, 0.4) is 0 Å². The van der Waals surface area contributed by atoms with Crippen molar-refractivity contribution in [3.8, 4) is 11.5 Å². The van der Waals surface area contributed by atoms with E-state index in [1.54, 1.807) is 23.7 Å². The van der Waals surface area contributed by atoms with E-state index in [4.69, 9.17) is 14.7 Å². The molecule has 0 radical (unpaired) electrons. The summed E-state index contributed by atoms with van der Waals surface area (Å²) in [4.78, 5) is 28.5. The summed E-state index contributed by atoms with van der Waals surface area (Å²) < 4.78 is 33.5. The van der Waals surface area contributed by atoms with Crippen LogP contribution < -0.4 is 4.90 Å². The largest absolute Gasteiger partial charge is 0.466 e. The first kappa shape index (κ1) is 23.8. The molecule has 5 rings (SSSR count). The van der Waals surface area contributed by atoms with Gasteiger partial charge in [-0.3, -0.25) is 9.78 Å². The minimum Gasteiger partial charge on any atom is -0.466 e. The third-order valence-electron chi connectivity index (χ3n) is 6.40. The van der Waals surface area contributed by atoms with Crippen LogP contribution in [0, 0.1) is 5.92 Å². The van der Waals surface area contributed by atoms with E-state index in [1.807, 2.05) is 25.1 Å². The summed E-state index contributed by atoms with van der Waals surface area (Å²) in [6, 6.07) is 8.99. The third-order valence-corrected chi connectivity index (χ3v) is 9.62. The second-order valence-electron chi connectivity index (χ2n) is 8.55. The molecule has 184 valence electrons. The van der Waals surface area contributed by atoms with Gasteiger partial charge in [-0.1, -0.05) is 12.1 Å². The molecule has 2 aliphatic heterocycles. The number of rotatable bonds is 6. The van der Waals surface area contributed by atoms with Gasteiger partial charge in [-0.2, -0.15) is 4.31 Å². The van der Waals surface area contributed by atoms with Crippen molar-refractivity contribution < 1.29 is 17.9 Å². The summed E-state index contributed by atoms with van der Waals surface area (Å²) in [5.74, 6) is 0.972. The fraction of sp³-hybridized carbons (Fsp3) is 0.417. The molecule has 2 aliphatic rings. The Hall–Kier alpha value is -2.89. The first-order chi connectivity index (χ1) is 17.0. The standard InChI is InChI=1S/C24H27N5O4S2/c1-2-33-24(30)17-8-12-28(13-9-17)23-18-16-29(35(31,32)21-7-5-15-34-21)14-10-19(18)26-22(27-23)20-6-3-4-11-25-20/h3-7,11,15,17H,2,8-10,12-14,16H2,1H3. The number of carbonyl (C=O) groups excluding carboxylic acids is 1. The number of esters is 1. The topological polar surface area (TPSA) is 106 Å². The van der Waals surface area contributed by atoms with Crippen molar-refractivity contribution in [3.63, 3.8) is 0 Å². The predicted octanol–water partition coefficient (Wildman–Crippen LogP) is 3.13. The highest BCUT2D eigenvalue weighted by molar-refractivity contribution is 7.91. The second kappa shape index (κ2) is 10.00. The fourth-order valence-electron chi connectivity index (χ4n) is 4.57. The van der Waals surface area contributed by atoms with Crippen LogP contribution in [0.15, 0.2) is 46.1 Å². The lowest BCUT2D eigenvalue weighted by atomic mass is 9.96. The number of fused-ring (bicyclic) bond motifs is 1. The Labute approximate surface area is 208 Å². The van der Waals surface area contributed by atoms with E-state index in [9.17, 15) is 13.2 Å². The molecule has 5 heterocycles. The maximum atomic E-state index is 13.2. The van der Waals surface area contributed by atoms with E-state index in [0.29, 0.717) is 61.2 Å². The zero-order valence-electron chi connectivity index (χ0n) is 19.5. The third kappa shape index (κ3) is 4.80. The highest BCUT2D eigenvalue weighted by atomic mass is 32.2. The first-order valence-corrected chi connectivity index (χ1v) is 14.1. The molecule has 0 spiro atoms. The molecule has 0 saturated carbocycles. The Bertz CT molecular complexity index is 1290. The van der Waals surface area contributed by atoms with Gasteiger partial charge in [0.2, 0.25) is 0 Å². The van der Waals surface area contributed by atoms with E-state index >= 15 is 0 Å². The molecule has 0 amide bonds. The molecule has 0 atom stereocenters. The van der Waals surface area contributed by atoms with Crippen LogP contribution >= 0.6 is 11.3 Å². The second-order valence-corrected chi connectivity index (χ2v) is 11.7. The highest BCUT2D eigenvalue weighted by Crippen LogP contribution is 2.34. The maximum absolute atomic E-state index is 13.2. The van der Waals surface area contributed by atoms with E-state index < -0.39 is 10.0 Å². The Balaban J connectivity index is 1.49. The van der Waals surface area contributed by atoms with Gasteiger partial charge in [0.1, 0.15) is 15.7 Å². The molecule has 0 bridgehead atoms. The van der Waals surface area contributed by atoms with E-state index in [-0.39, 0.29) is 18.4 Å². The molecule has 0 unspecified atom stereocenters. The van der Waals surface area contributed by atoms with Crippen LogP contribution in [0.25, 0.3) is 11.5 Å². The summed E-state index contributed by atoms with van der Waals surface area (Å²) in [5, 5.41) is 1.77. The molecular formula is C24H27N5O4S2. The minimum absolute atomic E-state index is 0.130. The summed E-state index contributed by atoms with van der Waals surface area (Å²) in [7, 11) is -3.59. The van der Waals surface area contributed by atoms with Crippen molar-refractivity contribution in [3.05, 3.63) is 53.2 Å². The molecule has 1 fully saturated rings. The van der Waals surface area contributed by atoms with Gasteiger partial charge in [0, 0.05) is 44.4 Å². The number of piperidine rings is 1. The van der Waals surface area contributed by atoms with E-state index in [0.717, 1.165) is 17.1 Å². The molecule has 3 aromatic heterocycles. The number of pyridine rings is 1. The Kier molecular flexibility index (Phi) is 6.81. The van der Waals surface area contributed by atoms with Crippen molar-refractivity contribution in [2.45, 2.75) is 36.9 Å². The Morgan fingerprint density at radius 2 is 1.97 bits per heavy atom. The summed E-state index contributed by atoms with van der Waals surface area (Å²) >= 11 is 1.22. The van der Waals surface area contributed by atoms with E-state index in [1.165, 1.54) is 15.6 Å². The van der Waals surface area contributed by atoms with Gasteiger partial charge in [-0.25, -0.2) is 18.4 Å². The minimum atomic E-state index is -3.59. The summed E-state index contributed by atoms with van der Waals surface area (Å²) in [5.41, 5.74) is 2.35. The van der Waals surface area contributed by atoms with Crippen molar-refractivity contribution in [2.75, 3.05) is 31.1 Å². The fourth-order valence-corrected chi connectivity index (χ4v) is 7.13. The molecule has 11 heteroatoms. The molecular weight excluding hydrogens is 486 g/mol. The smallest absolute Gasteiger partial charge is 0.309 e. The van der Waals surface area contributed by atoms with Crippen molar-refractivity contribution >= 4 is 33.1 Å². The van der Waals surface area contributed by atoms with Crippen molar-refractivity contribution in [1.29, 1.82) is 0 Å². The number of sulfonamides is 1. The number of hydrogen-bond donors (Lipinski definition) is 0. The number of ether oxygens (including phenoxy) is 1. The van der Waals surface area contributed by atoms with Gasteiger partial charge in [0.25, 0.3) is 10.0 Å². The van der Waals surface area contributed by atoms with Gasteiger partial charge >= 0.3 is 5.97 Å². The molecule has 9 nitrogen and oxygen atoms in total. The van der Waals surface area contributed by atoms with Crippen LogP contribution in [0.4, 0.5) is 5.82 Å². The highest BCUT2D eigenvalue weighted by Gasteiger charge is 2.34. The normalized spacial score (nSPS) is 17.2. The van der Waals surface area contributed by atoms with Gasteiger partial charge in [0.15, 0.2) is 5.82 Å². The number of hydrogen-bond acceptors (Lipinski definition) is 9. The zero-order chi connectivity index (χ0) is 24.4. The average Bonchev–Trinajstić information content (AvgIpc) is 3.45. The molecule has 35 heavy (non-hydrogen) atoms. The molecule has 0 N–H and O–H groups in total. The monoisotopic (exact) mass is 513 g/mol. The molecule has 1 saturated heterocycles. The van der Waals surface area contributed by atoms with Gasteiger partial charge in [-0.05, 0) is 43.3 Å². The molecule has 0 aliphatic carbocycles. The zero-order valence-corrected chi connectivity index (χ0v) is 21.1. The maximum Gasteiger partial charge on any atom is 0.309 e. The number of nitrogens with zero attached hydrogens (tertiary/aromatic N) is 5. The average molecular weight is 514 g/mol. The number of carbonyl (C=O) groups is 1.